The van der Waals surface area contributed by atoms with Gasteiger partial charge in [-0.2, -0.15) is 15.0 Å². The molecule has 0 aliphatic carbocycles. The minimum atomic E-state index is 0.179. The number of hydrogen-bond donors (Lipinski definition) is 1. The van der Waals surface area contributed by atoms with E-state index in [1.54, 1.807) is 6.07 Å². The standard InChI is InChI=1S/C8H9N5OS/c1-4-3-5(14-13-4)6-10-7(9)12-8(11-6)15-2/h3H,1-2H3,(H2,9,10,11,12). The Balaban J connectivity index is 2.48. The predicted octanol–water partition coefficient (Wildman–Crippen LogP) is 1.14. The second-order valence-corrected chi connectivity index (χ2v) is 3.61. The van der Waals surface area contributed by atoms with Crippen LogP contribution in [0.4, 0.5) is 5.95 Å². The summed E-state index contributed by atoms with van der Waals surface area (Å²) in [4.78, 5) is 12.1. The Morgan fingerprint density at radius 3 is 2.73 bits per heavy atom. The highest BCUT2D eigenvalue weighted by molar-refractivity contribution is 7.98. The van der Waals surface area contributed by atoms with Crippen molar-refractivity contribution in [2.75, 3.05) is 12.0 Å². The van der Waals surface area contributed by atoms with E-state index in [2.05, 4.69) is 20.1 Å². The molecular weight excluding hydrogens is 214 g/mol. The van der Waals surface area contributed by atoms with Gasteiger partial charge < -0.3 is 10.3 Å². The van der Waals surface area contributed by atoms with Crippen molar-refractivity contribution in [3.05, 3.63) is 11.8 Å². The van der Waals surface area contributed by atoms with Gasteiger partial charge in [0.05, 0.1) is 5.69 Å². The zero-order chi connectivity index (χ0) is 10.8. The molecule has 0 unspecified atom stereocenters. The molecular formula is C8H9N5OS. The normalized spacial score (nSPS) is 10.5. The maximum atomic E-state index is 5.54. The van der Waals surface area contributed by atoms with E-state index in [-0.39, 0.29) is 5.95 Å². The Kier molecular flexibility index (Phi) is 2.55. The van der Waals surface area contributed by atoms with Gasteiger partial charge in [-0.15, -0.1) is 0 Å². The summed E-state index contributed by atoms with van der Waals surface area (Å²) in [7, 11) is 0. The molecule has 2 aromatic rings. The smallest absolute Gasteiger partial charge is 0.224 e. The lowest BCUT2D eigenvalue weighted by molar-refractivity contribution is 0.424. The summed E-state index contributed by atoms with van der Waals surface area (Å²) in [6.07, 6.45) is 1.87. The van der Waals surface area contributed by atoms with Gasteiger partial charge in [-0.3, -0.25) is 0 Å². The van der Waals surface area contributed by atoms with Crippen LogP contribution in [0.2, 0.25) is 0 Å². The highest BCUT2D eigenvalue weighted by Crippen LogP contribution is 2.19. The molecule has 0 bridgehead atoms. The van der Waals surface area contributed by atoms with Gasteiger partial charge in [-0.25, -0.2) is 0 Å². The molecule has 0 saturated carbocycles. The summed E-state index contributed by atoms with van der Waals surface area (Å²) in [5, 5.41) is 4.32. The first-order valence-corrected chi connectivity index (χ1v) is 5.41. The molecule has 2 aromatic heterocycles. The molecule has 0 saturated heterocycles. The average molecular weight is 223 g/mol. The van der Waals surface area contributed by atoms with Gasteiger partial charge in [0.1, 0.15) is 0 Å². The van der Waals surface area contributed by atoms with Crippen molar-refractivity contribution in [3.8, 4) is 11.6 Å². The minimum Gasteiger partial charge on any atom is -0.368 e. The van der Waals surface area contributed by atoms with Crippen LogP contribution in [-0.4, -0.2) is 26.4 Å². The molecule has 2 rings (SSSR count). The molecule has 78 valence electrons. The molecule has 0 aliphatic rings. The zero-order valence-electron chi connectivity index (χ0n) is 8.26. The van der Waals surface area contributed by atoms with Crippen LogP contribution in [0.25, 0.3) is 11.6 Å². The van der Waals surface area contributed by atoms with Gasteiger partial charge in [0.2, 0.25) is 17.5 Å². The van der Waals surface area contributed by atoms with Crippen molar-refractivity contribution in [1.29, 1.82) is 0 Å². The van der Waals surface area contributed by atoms with E-state index in [0.29, 0.717) is 16.7 Å². The third-order valence-corrected chi connectivity index (χ3v) is 2.21. The topological polar surface area (TPSA) is 90.7 Å². The Bertz CT molecular complexity index is 484. The first-order valence-electron chi connectivity index (χ1n) is 4.18. The lowest BCUT2D eigenvalue weighted by Gasteiger charge is -1.98. The Morgan fingerprint density at radius 2 is 2.13 bits per heavy atom. The van der Waals surface area contributed by atoms with E-state index in [0.717, 1.165) is 5.69 Å². The van der Waals surface area contributed by atoms with Crippen molar-refractivity contribution in [2.45, 2.75) is 12.1 Å². The van der Waals surface area contributed by atoms with Crippen LogP contribution in [0.5, 0.6) is 0 Å². The van der Waals surface area contributed by atoms with E-state index in [4.69, 9.17) is 10.3 Å². The number of thioether (sulfide) groups is 1. The van der Waals surface area contributed by atoms with Crippen LogP contribution >= 0.6 is 11.8 Å². The van der Waals surface area contributed by atoms with Crippen LogP contribution < -0.4 is 5.73 Å². The first kappa shape index (κ1) is 9.91. The highest BCUT2D eigenvalue weighted by atomic mass is 32.2. The van der Waals surface area contributed by atoms with Crippen LogP contribution in [0, 0.1) is 6.92 Å². The fourth-order valence-electron chi connectivity index (χ4n) is 1.04. The largest absolute Gasteiger partial charge is 0.368 e. The molecule has 0 fully saturated rings. The number of hydrogen-bond acceptors (Lipinski definition) is 7. The summed E-state index contributed by atoms with van der Waals surface area (Å²) in [5.74, 6) is 1.09. The van der Waals surface area contributed by atoms with Crippen molar-refractivity contribution in [2.24, 2.45) is 0 Å². The van der Waals surface area contributed by atoms with E-state index in [9.17, 15) is 0 Å². The lowest BCUT2D eigenvalue weighted by atomic mass is 10.4. The van der Waals surface area contributed by atoms with Crippen molar-refractivity contribution in [1.82, 2.24) is 20.1 Å². The third-order valence-electron chi connectivity index (χ3n) is 1.66. The van der Waals surface area contributed by atoms with E-state index >= 15 is 0 Å². The SMILES string of the molecule is CSc1nc(N)nc(-c2cc(C)no2)n1. The highest BCUT2D eigenvalue weighted by Gasteiger charge is 2.10. The Hall–Kier alpha value is -1.63. The van der Waals surface area contributed by atoms with E-state index < -0.39 is 0 Å². The minimum absolute atomic E-state index is 0.179. The Morgan fingerprint density at radius 1 is 1.33 bits per heavy atom. The molecule has 0 radical (unpaired) electrons. The molecule has 0 amide bonds. The van der Waals surface area contributed by atoms with Crippen LogP contribution in [0.15, 0.2) is 15.7 Å². The molecule has 7 heteroatoms. The number of aromatic nitrogens is 4. The first-order chi connectivity index (χ1) is 7.19. The van der Waals surface area contributed by atoms with Crippen LogP contribution in [0.3, 0.4) is 0 Å². The van der Waals surface area contributed by atoms with Crippen molar-refractivity contribution in [3.63, 3.8) is 0 Å². The predicted molar refractivity (Wildman–Crippen MR) is 56.3 cm³/mol. The summed E-state index contributed by atoms with van der Waals surface area (Å²) in [6.45, 7) is 1.83. The molecule has 2 heterocycles. The van der Waals surface area contributed by atoms with Gasteiger partial charge in [-0.05, 0) is 13.2 Å². The number of nitrogens with two attached hydrogens (primary N) is 1. The fraction of sp³-hybridized carbons (Fsp3) is 0.250. The maximum absolute atomic E-state index is 5.54. The number of aryl methyl sites for hydroxylation is 1. The monoisotopic (exact) mass is 223 g/mol. The third kappa shape index (κ3) is 2.07. The fourth-order valence-corrected chi connectivity index (χ4v) is 1.41. The number of anilines is 1. The van der Waals surface area contributed by atoms with Crippen molar-refractivity contribution < 1.29 is 4.52 Å². The summed E-state index contributed by atoms with van der Waals surface area (Å²) in [6, 6.07) is 1.75. The summed E-state index contributed by atoms with van der Waals surface area (Å²) in [5.41, 5.74) is 6.31. The van der Waals surface area contributed by atoms with E-state index in [1.807, 2.05) is 13.2 Å². The van der Waals surface area contributed by atoms with E-state index in [1.165, 1.54) is 11.8 Å². The molecule has 15 heavy (non-hydrogen) atoms. The average Bonchev–Trinajstić information content (AvgIpc) is 2.64. The molecule has 6 nitrogen and oxygen atoms in total. The summed E-state index contributed by atoms with van der Waals surface area (Å²) < 4.78 is 5.04. The molecule has 0 spiro atoms. The second-order valence-electron chi connectivity index (χ2n) is 2.84. The zero-order valence-corrected chi connectivity index (χ0v) is 9.08. The molecule has 0 aliphatic heterocycles. The lowest BCUT2D eigenvalue weighted by Crippen LogP contribution is -2.00. The summed E-state index contributed by atoms with van der Waals surface area (Å²) >= 11 is 1.39. The van der Waals surface area contributed by atoms with Crippen LogP contribution in [0.1, 0.15) is 5.69 Å². The van der Waals surface area contributed by atoms with Gasteiger partial charge in [0.15, 0.2) is 5.16 Å². The van der Waals surface area contributed by atoms with Gasteiger partial charge >= 0.3 is 0 Å². The Labute approximate surface area is 90.3 Å². The van der Waals surface area contributed by atoms with Gasteiger partial charge in [0, 0.05) is 6.07 Å². The van der Waals surface area contributed by atoms with Gasteiger partial charge in [0.25, 0.3) is 0 Å². The van der Waals surface area contributed by atoms with Crippen LogP contribution in [-0.2, 0) is 0 Å². The number of nitrogen functional groups attached to an aromatic ring is 1. The second kappa shape index (κ2) is 3.85. The van der Waals surface area contributed by atoms with Gasteiger partial charge in [-0.1, -0.05) is 16.9 Å². The molecule has 2 N–H and O–H groups in total. The molecule has 0 aromatic carbocycles. The number of nitrogens with zero attached hydrogens (tertiary/aromatic N) is 4. The van der Waals surface area contributed by atoms with Crippen molar-refractivity contribution >= 4 is 17.7 Å². The molecule has 0 atom stereocenters. The number of rotatable bonds is 2. The quantitative estimate of drug-likeness (QED) is 0.763. The maximum Gasteiger partial charge on any atom is 0.224 e.